The molecule has 1 N–H and O–H groups in total. The van der Waals surface area contributed by atoms with Crippen LogP contribution in [0.3, 0.4) is 0 Å². The Hall–Kier alpha value is -2.56. The first-order valence-corrected chi connectivity index (χ1v) is 8.21. The van der Waals surface area contributed by atoms with E-state index in [1.54, 1.807) is 23.1 Å². The van der Waals surface area contributed by atoms with Gasteiger partial charge in [-0.25, -0.2) is 9.18 Å². The zero-order valence-electron chi connectivity index (χ0n) is 13.8. The molecule has 0 bridgehead atoms. The fourth-order valence-corrected chi connectivity index (χ4v) is 2.92. The molecule has 1 fully saturated rings. The average Bonchev–Trinajstić information content (AvgIpc) is 2.61. The number of halogens is 1. The van der Waals surface area contributed by atoms with Crippen LogP contribution in [0.5, 0.6) is 0 Å². The van der Waals surface area contributed by atoms with Crippen molar-refractivity contribution in [1.29, 1.82) is 0 Å². The van der Waals surface area contributed by atoms with E-state index in [1.807, 2.05) is 0 Å². The van der Waals surface area contributed by atoms with E-state index in [9.17, 15) is 9.18 Å². The minimum absolute atomic E-state index is 0.137. The largest absolute Gasteiger partial charge is 0.368 e. The van der Waals surface area contributed by atoms with E-state index < -0.39 is 0 Å². The quantitative estimate of drug-likeness (QED) is 0.940. The summed E-state index contributed by atoms with van der Waals surface area (Å²) in [6, 6.07) is 14.8. The van der Waals surface area contributed by atoms with Crippen LogP contribution in [0.4, 0.5) is 14.9 Å². The molecule has 5 heteroatoms. The average molecular weight is 327 g/mol. The highest BCUT2D eigenvalue weighted by atomic mass is 19.1. The van der Waals surface area contributed by atoms with Crippen molar-refractivity contribution < 1.29 is 9.18 Å². The topological polar surface area (TPSA) is 35.6 Å². The number of carbonyl (C=O) groups is 1. The molecule has 0 spiro atoms. The summed E-state index contributed by atoms with van der Waals surface area (Å²) < 4.78 is 13.6. The van der Waals surface area contributed by atoms with Gasteiger partial charge in [-0.1, -0.05) is 30.3 Å². The minimum atomic E-state index is -0.290. The molecule has 1 aliphatic rings. The summed E-state index contributed by atoms with van der Waals surface area (Å²) in [6.07, 6.45) is 0. The first-order valence-electron chi connectivity index (χ1n) is 8.21. The zero-order valence-corrected chi connectivity index (χ0v) is 13.8. The standard InChI is InChI=1S/C19H22FN3O/c1-15-5-4-7-17(13-15)22-9-11-23(12-10-22)19(24)21-14-16-6-2-3-8-18(16)20/h2-8,13H,9-12,14H2,1H3,(H,21,24). The molecule has 2 aromatic rings. The Bertz CT molecular complexity index is 711. The van der Waals surface area contributed by atoms with Crippen molar-refractivity contribution in [3.8, 4) is 0 Å². The molecule has 0 saturated carbocycles. The molecule has 1 saturated heterocycles. The highest BCUT2D eigenvalue weighted by Crippen LogP contribution is 2.17. The third-order valence-corrected chi connectivity index (χ3v) is 4.32. The molecule has 1 heterocycles. The summed E-state index contributed by atoms with van der Waals surface area (Å²) in [7, 11) is 0. The van der Waals surface area contributed by atoms with Gasteiger partial charge in [0.2, 0.25) is 0 Å². The molecule has 2 amide bonds. The lowest BCUT2D eigenvalue weighted by molar-refractivity contribution is 0.194. The predicted molar refractivity (Wildman–Crippen MR) is 93.6 cm³/mol. The van der Waals surface area contributed by atoms with Gasteiger partial charge in [0.05, 0.1) is 0 Å². The Balaban J connectivity index is 1.51. The van der Waals surface area contributed by atoms with Crippen LogP contribution in [0, 0.1) is 12.7 Å². The van der Waals surface area contributed by atoms with E-state index in [-0.39, 0.29) is 18.4 Å². The van der Waals surface area contributed by atoms with E-state index in [4.69, 9.17) is 0 Å². The number of nitrogens with zero attached hydrogens (tertiary/aromatic N) is 2. The predicted octanol–water partition coefficient (Wildman–Crippen LogP) is 3.17. The summed E-state index contributed by atoms with van der Waals surface area (Å²) >= 11 is 0. The molecule has 4 nitrogen and oxygen atoms in total. The fourth-order valence-electron chi connectivity index (χ4n) is 2.92. The monoisotopic (exact) mass is 327 g/mol. The second kappa shape index (κ2) is 7.34. The molecule has 24 heavy (non-hydrogen) atoms. The molecule has 0 aliphatic carbocycles. The molecule has 1 aliphatic heterocycles. The molecule has 2 aromatic carbocycles. The summed E-state index contributed by atoms with van der Waals surface area (Å²) in [5.74, 6) is -0.290. The van der Waals surface area contributed by atoms with Crippen LogP contribution in [-0.2, 0) is 6.54 Å². The van der Waals surface area contributed by atoms with Gasteiger partial charge in [-0.05, 0) is 30.7 Å². The normalized spacial score (nSPS) is 14.6. The Labute approximate surface area is 141 Å². The number of aryl methyl sites for hydroxylation is 1. The van der Waals surface area contributed by atoms with Crippen molar-refractivity contribution in [2.45, 2.75) is 13.5 Å². The molecule has 3 rings (SSSR count). The smallest absolute Gasteiger partial charge is 0.317 e. The maximum absolute atomic E-state index is 13.6. The van der Waals surface area contributed by atoms with Crippen molar-refractivity contribution in [3.63, 3.8) is 0 Å². The lowest BCUT2D eigenvalue weighted by atomic mass is 10.2. The van der Waals surface area contributed by atoms with Crippen LogP contribution in [0.1, 0.15) is 11.1 Å². The van der Waals surface area contributed by atoms with Crippen LogP contribution in [0.2, 0.25) is 0 Å². The van der Waals surface area contributed by atoms with Crippen LogP contribution < -0.4 is 10.2 Å². The first-order chi connectivity index (χ1) is 11.6. The zero-order chi connectivity index (χ0) is 16.9. The van der Waals surface area contributed by atoms with E-state index in [0.29, 0.717) is 18.7 Å². The number of anilines is 1. The van der Waals surface area contributed by atoms with E-state index in [1.165, 1.54) is 17.3 Å². The molecule has 0 unspecified atom stereocenters. The lowest BCUT2D eigenvalue weighted by Gasteiger charge is -2.36. The molecule has 0 aromatic heterocycles. The number of hydrogen-bond acceptors (Lipinski definition) is 2. The van der Waals surface area contributed by atoms with Gasteiger partial charge in [0, 0.05) is 44.0 Å². The highest BCUT2D eigenvalue weighted by molar-refractivity contribution is 5.74. The van der Waals surface area contributed by atoms with Crippen molar-refractivity contribution in [2.24, 2.45) is 0 Å². The van der Waals surface area contributed by atoms with E-state index in [0.717, 1.165) is 13.1 Å². The third kappa shape index (κ3) is 3.85. The SMILES string of the molecule is Cc1cccc(N2CCN(C(=O)NCc3ccccc3F)CC2)c1. The lowest BCUT2D eigenvalue weighted by Crippen LogP contribution is -2.51. The number of rotatable bonds is 3. The molecular weight excluding hydrogens is 305 g/mol. The number of amides is 2. The maximum Gasteiger partial charge on any atom is 0.317 e. The van der Waals surface area contributed by atoms with Crippen molar-refractivity contribution in [2.75, 3.05) is 31.1 Å². The van der Waals surface area contributed by atoms with Gasteiger partial charge in [-0.2, -0.15) is 0 Å². The summed E-state index contributed by atoms with van der Waals surface area (Å²) in [4.78, 5) is 16.3. The van der Waals surface area contributed by atoms with Crippen LogP contribution in [-0.4, -0.2) is 37.1 Å². The molecule has 126 valence electrons. The Morgan fingerprint density at radius 1 is 1.08 bits per heavy atom. The van der Waals surface area contributed by atoms with Gasteiger partial charge >= 0.3 is 6.03 Å². The Kier molecular flexibility index (Phi) is 4.99. The molecular formula is C19H22FN3O. The van der Waals surface area contributed by atoms with E-state index in [2.05, 4.69) is 41.4 Å². The van der Waals surface area contributed by atoms with Crippen LogP contribution in [0.25, 0.3) is 0 Å². The van der Waals surface area contributed by atoms with Crippen LogP contribution in [0.15, 0.2) is 48.5 Å². The second-order valence-corrected chi connectivity index (χ2v) is 6.06. The summed E-state index contributed by atoms with van der Waals surface area (Å²) in [5, 5.41) is 2.80. The maximum atomic E-state index is 13.6. The summed E-state index contributed by atoms with van der Waals surface area (Å²) in [6.45, 7) is 5.22. The van der Waals surface area contributed by atoms with Crippen molar-refractivity contribution in [1.82, 2.24) is 10.2 Å². The number of nitrogens with one attached hydrogen (secondary N) is 1. The van der Waals surface area contributed by atoms with Gasteiger partial charge in [-0.15, -0.1) is 0 Å². The van der Waals surface area contributed by atoms with E-state index >= 15 is 0 Å². The number of hydrogen-bond donors (Lipinski definition) is 1. The van der Waals surface area contributed by atoms with Gasteiger partial charge in [0.25, 0.3) is 0 Å². The van der Waals surface area contributed by atoms with Crippen molar-refractivity contribution in [3.05, 3.63) is 65.5 Å². The van der Waals surface area contributed by atoms with Gasteiger partial charge in [-0.3, -0.25) is 0 Å². The number of piperazine rings is 1. The number of carbonyl (C=O) groups excluding carboxylic acids is 1. The van der Waals surface area contributed by atoms with Gasteiger partial charge in [0.1, 0.15) is 5.82 Å². The van der Waals surface area contributed by atoms with Gasteiger partial charge in [0.15, 0.2) is 0 Å². The molecule has 0 radical (unpaired) electrons. The fraction of sp³-hybridized carbons (Fsp3) is 0.316. The highest BCUT2D eigenvalue weighted by Gasteiger charge is 2.21. The number of urea groups is 1. The first kappa shape index (κ1) is 16.3. The second-order valence-electron chi connectivity index (χ2n) is 6.06. The Morgan fingerprint density at radius 2 is 1.83 bits per heavy atom. The van der Waals surface area contributed by atoms with Crippen molar-refractivity contribution >= 4 is 11.7 Å². The van der Waals surface area contributed by atoms with Gasteiger partial charge < -0.3 is 15.1 Å². The third-order valence-electron chi connectivity index (χ3n) is 4.32. The Morgan fingerprint density at radius 3 is 2.54 bits per heavy atom. The summed E-state index contributed by atoms with van der Waals surface area (Å²) in [5.41, 5.74) is 2.93. The number of benzene rings is 2. The van der Waals surface area contributed by atoms with Crippen LogP contribution >= 0.6 is 0 Å². The molecule has 0 atom stereocenters. The minimum Gasteiger partial charge on any atom is -0.368 e.